The highest BCUT2D eigenvalue weighted by Crippen LogP contribution is 2.29. The van der Waals surface area contributed by atoms with E-state index in [0.717, 1.165) is 23.5 Å². The van der Waals surface area contributed by atoms with Gasteiger partial charge in [-0.25, -0.2) is 0 Å². The molecule has 0 saturated carbocycles. The number of halogens is 4. The molecule has 0 aliphatic rings. The molecule has 0 bridgehead atoms. The molecule has 0 radical (unpaired) electrons. The molecular formula is C24H32Br4. The van der Waals surface area contributed by atoms with Crippen molar-refractivity contribution in [2.24, 2.45) is 0 Å². The van der Waals surface area contributed by atoms with Gasteiger partial charge in [-0.05, 0) is 60.4 Å². The summed E-state index contributed by atoms with van der Waals surface area (Å²) in [7, 11) is 0. The summed E-state index contributed by atoms with van der Waals surface area (Å²) in [5.41, 5.74) is 3.07. The topological polar surface area (TPSA) is 0 Å². The Morgan fingerprint density at radius 3 is 1.89 bits per heavy atom. The number of rotatable bonds is 14. The van der Waals surface area contributed by atoms with Crippen LogP contribution in [0.15, 0.2) is 36.4 Å². The van der Waals surface area contributed by atoms with Crippen molar-refractivity contribution in [1.82, 2.24) is 0 Å². The van der Waals surface area contributed by atoms with Gasteiger partial charge in [-0.2, -0.15) is 0 Å². The van der Waals surface area contributed by atoms with Crippen molar-refractivity contribution >= 4 is 74.5 Å². The Morgan fingerprint density at radius 1 is 0.643 bits per heavy atom. The van der Waals surface area contributed by atoms with E-state index in [1.165, 1.54) is 67.7 Å². The Bertz CT molecular complexity index is 685. The minimum atomic E-state index is 0.556. The van der Waals surface area contributed by atoms with Gasteiger partial charge < -0.3 is 0 Å². The van der Waals surface area contributed by atoms with Crippen LogP contribution in [0.25, 0.3) is 10.8 Å². The molecule has 0 aliphatic heterocycles. The van der Waals surface area contributed by atoms with Crippen LogP contribution in [0.3, 0.4) is 0 Å². The lowest BCUT2D eigenvalue weighted by atomic mass is 9.91. The second-order valence-corrected chi connectivity index (χ2v) is 11.8. The van der Waals surface area contributed by atoms with Gasteiger partial charge >= 0.3 is 0 Å². The van der Waals surface area contributed by atoms with Crippen molar-refractivity contribution in [2.75, 3.05) is 10.7 Å². The predicted octanol–water partition coefficient (Wildman–Crippen LogP) is 9.36. The maximum atomic E-state index is 3.98. The second kappa shape index (κ2) is 14.6. The summed E-state index contributed by atoms with van der Waals surface area (Å²) in [6.45, 7) is 0. The zero-order chi connectivity index (χ0) is 20.2. The summed E-state index contributed by atoms with van der Waals surface area (Å²) < 4.78 is 0. The van der Waals surface area contributed by atoms with Gasteiger partial charge in [0.15, 0.2) is 0 Å². The third kappa shape index (κ3) is 8.78. The van der Waals surface area contributed by atoms with E-state index in [2.05, 4.69) is 100 Å². The summed E-state index contributed by atoms with van der Waals surface area (Å²) in [4.78, 5) is 1.12. The number of benzene rings is 2. The highest BCUT2D eigenvalue weighted by atomic mass is 79.9. The van der Waals surface area contributed by atoms with Gasteiger partial charge in [0.05, 0.1) is 0 Å². The molecule has 28 heavy (non-hydrogen) atoms. The summed E-state index contributed by atoms with van der Waals surface area (Å²) >= 11 is 15.0. The van der Waals surface area contributed by atoms with Crippen LogP contribution in [0.1, 0.15) is 62.5 Å². The molecule has 2 aromatic rings. The monoisotopic (exact) mass is 636 g/mol. The van der Waals surface area contributed by atoms with E-state index in [9.17, 15) is 0 Å². The molecule has 0 amide bonds. The first kappa shape index (κ1) is 24.9. The number of hydrogen-bond donors (Lipinski definition) is 0. The minimum Gasteiger partial charge on any atom is -0.0928 e. The molecule has 0 heterocycles. The first-order chi connectivity index (χ1) is 13.7. The first-order valence-corrected chi connectivity index (χ1v) is 14.6. The second-order valence-electron chi connectivity index (χ2n) is 7.60. The van der Waals surface area contributed by atoms with Crippen molar-refractivity contribution in [3.05, 3.63) is 47.5 Å². The Labute approximate surface area is 205 Å². The maximum Gasteiger partial charge on any atom is 0.0186 e. The van der Waals surface area contributed by atoms with Crippen LogP contribution in [0.5, 0.6) is 0 Å². The molecule has 0 fully saturated rings. The van der Waals surface area contributed by atoms with Crippen molar-refractivity contribution in [2.45, 2.75) is 73.9 Å². The Morgan fingerprint density at radius 2 is 1.25 bits per heavy atom. The molecule has 156 valence electrons. The summed E-state index contributed by atoms with van der Waals surface area (Å²) in [6.07, 6.45) is 12.5. The van der Waals surface area contributed by atoms with Crippen molar-refractivity contribution < 1.29 is 0 Å². The lowest BCUT2D eigenvalue weighted by molar-refractivity contribution is 0.642. The Kier molecular flexibility index (Phi) is 13.0. The zero-order valence-electron chi connectivity index (χ0n) is 16.6. The van der Waals surface area contributed by atoms with E-state index in [1.807, 2.05) is 0 Å². The van der Waals surface area contributed by atoms with Crippen LogP contribution in [-0.4, -0.2) is 20.3 Å². The minimum absolute atomic E-state index is 0.556. The predicted molar refractivity (Wildman–Crippen MR) is 141 cm³/mol. The van der Waals surface area contributed by atoms with Crippen LogP contribution >= 0.6 is 63.7 Å². The molecule has 2 aromatic carbocycles. The van der Waals surface area contributed by atoms with Gasteiger partial charge in [-0.15, -0.1) is 0 Å². The van der Waals surface area contributed by atoms with Gasteiger partial charge in [0.25, 0.3) is 0 Å². The average molecular weight is 640 g/mol. The van der Waals surface area contributed by atoms with Crippen LogP contribution in [-0.2, 0) is 12.8 Å². The zero-order valence-corrected chi connectivity index (χ0v) is 23.0. The summed E-state index contributed by atoms with van der Waals surface area (Å²) in [6, 6.07) is 13.5. The maximum absolute atomic E-state index is 3.98. The van der Waals surface area contributed by atoms with Gasteiger partial charge in [0.1, 0.15) is 0 Å². The van der Waals surface area contributed by atoms with E-state index in [4.69, 9.17) is 0 Å². The number of hydrogen-bond acceptors (Lipinski definition) is 0. The molecule has 0 aromatic heterocycles. The van der Waals surface area contributed by atoms with E-state index in [-0.39, 0.29) is 0 Å². The molecule has 0 nitrogen and oxygen atoms in total. The quantitative estimate of drug-likeness (QED) is 0.143. The van der Waals surface area contributed by atoms with Crippen molar-refractivity contribution in [1.29, 1.82) is 0 Å². The lowest BCUT2D eigenvalue weighted by Gasteiger charge is -2.19. The molecule has 4 heteroatoms. The van der Waals surface area contributed by atoms with Gasteiger partial charge in [0, 0.05) is 20.3 Å². The van der Waals surface area contributed by atoms with Crippen molar-refractivity contribution in [3.63, 3.8) is 0 Å². The molecule has 0 N–H and O–H groups in total. The summed E-state index contributed by atoms with van der Waals surface area (Å²) in [5.74, 6) is 0. The van der Waals surface area contributed by atoms with E-state index < -0.39 is 0 Å². The van der Waals surface area contributed by atoms with Crippen molar-refractivity contribution in [3.8, 4) is 0 Å². The molecule has 0 aliphatic carbocycles. The Hall–Kier alpha value is 0.620. The first-order valence-electron chi connectivity index (χ1n) is 10.5. The van der Waals surface area contributed by atoms with Crippen LogP contribution in [0, 0.1) is 0 Å². The van der Waals surface area contributed by atoms with E-state index in [0.29, 0.717) is 9.65 Å². The van der Waals surface area contributed by atoms with Gasteiger partial charge in [-0.3, -0.25) is 0 Å². The van der Waals surface area contributed by atoms with Gasteiger partial charge in [-0.1, -0.05) is 126 Å². The van der Waals surface area contributed by atoms with E-state index in [1.54, 1.807) is 5.56 Å². The average Bonchev–Trinajstić information content (AvgIpc) is 2.70. The SMILES string of the molecule is BrCCCCCC(Br)Cc1ccc2ccccc2c1CC(Br)CCCCCBr. The normalized spacial score (nSPS) is 13.7. The van der Waals surface area contributed by atoms with Gasteiger partial charge in [0.2, 0.25) is 0 Å². The fourth-order valence-corrected chi connectivity index (χ4v) is 5.86. The molecule has 0 spiro atoms. The highest BCUT2D eigenvalue weighted by Gasteiger charge is 2.15. The highest BCUT2D eigenvalue weighted by molar-refractivity contribution is 9.10. The number of unbranched alkanes of at least 4 members (excludes halogenated alkanes) is 4. The third-order valence-corrected chi connectivity index (χ3v) is 7.99. The molecular weight excluding hydrogens is 608 g/mol. The number of alkyl halides is 4. The largest absolute Gasteiger partial charge is 0.0928 e. The van der Waals surface area contributed by atoms with Crippen LogP contribution < -0.4 is 0 Å². The number of fused-ring (bicyclic) bond motifs is 1. The molecule has 2 atom stereocenters. The fourth-order valence-electron chi connectivity index (χ4n) is 3.75. The van der Waals surface area contributed by atoms with E-state index >= 15 is 0 Å². The lowest BCUT2D eigenvalue weighted by Crippen LogP contribution is -2.10. The third-order valence-electron chi connectivity index (χ3n) is 5.31. The Balaban J connectivity index is 2.08. The standard InChI is InChI=1S/C24H32Br4/c25-15-7-1-3-10-21(27)17-20-14-13-19-9-5-6-12-23(19)24(20)18-22(28)11-4-2-8-16-26/h5-6,9,12-14,21-22H,1-4,7-8,10-11,15-18H2. The van der Waals surface area contributed by atoms with Crippen LogP contribution in [0.4, 0.5) is 0 Å². The molecule has 2 rings (SSSR count). The molecule has 2 unspecified atom stereocenters. The van der Waals surface area contributed by atoms with Crippen LogP contribution in [0.2, 0.25) is 0 Å². The fraction of sp³-hybridized carbons (Fsp3) is 0.583. The summed E-state index contributed by atoms with van der Waals surface area (Å²) in [5, 5.41) is 5.04. The smallest absolute Gasteiger partial charge is 0.0186 e. The molecule has 0 saturated heterocycles.